The molecule has 0 saturated heterocycles. The Morgan fingerprint density at radius 3 is 2.29 bits per heavy atom. The fourth-order valence-corrected chi connectivity index (χ4v) is 2.53. The van der Waals surface area contributed by atoms with Crippen LogP contribution in [0, 0.1) is 11.3 Å². The number of ketones is 1. The number of sulfonamides is 1. The van der Waals surface area contributed by atoms with Crippen molar-refractivity contribution in [2.24, 2.45) is 0 Å². The highest BCUT2D eigenvalue weighted by atomic mass is 32.2. The second-order valence-electron chi connectivity index (χ2n) is 5.01. The highest BCUT2D eigenvalue weighted by Gasteiger charge is 2.07. The minimum absolute atomic E-state index is 0.0129. The van der Waals surface area contributed by atoms with E-state index in [1.807, 2.05) is 6.07 Å². The van der Waals surface area contributed by atoms with Crippen molar-refractivity contribution in [3.63, 3.8) is 0 Å². The van der Waals surface area contributed by atoms with Gasteiger partial charge in [-0.3, -0.25) is 9.52 Å². The summed E-state index contributed by atoms with van der Waals surface area (Å²) in [5.41, 5.74) is 2.25. The van der Waals surface area contributed by atoms with Gasteiger partial charge in [0.25, 0.3) is 0 Å². The Hall–Kier alpha value is -2.91. The monoisotopic (exact) mass is 340 g/mol. The Morgan fingerprint density at radius 1 is 1.12 bits per heavy atom. The number of anilines is 1. The van der Waals surface area contributed by atoms with E-state index in [2.05, 4.69) is 4.72 Å². The molecule has 0 amide bonds. The summed E-state index contributed by atoms with van der Waals surface area (Å²) in [5, 5.41) is 8.74. The molecule has 122 valence electrons. The Kier molecular flexibility index (Phi) is 5.51. The van der Waals surface area contributed by atoms with Gasteiger partial charge in [0.05, 0.1) is 17.4 Å². The molecule has 0 spiro atoms. The van der Waals surface area contributed by atoms with E-state index in [0.717, 1.165) is 5.56 Å². The third-order valence-electron chi connectivity index (χ3n) is 3.29. The molecule has 5 nitrogen and oxygen atoms in total. The highest BCUT2D eigenvalue weighted by Crippen LogP contribution is 2.13. The maximum atomic E-state index is 12.1. The number of hydrogen-bond donors (Lipinski definition) is 1. The van der Waals surface area contributed by atoms with E-state index < -0.39 is 10.0 Å². The average molecular weight is 340 g/mol. The van der Waals surface area contributed by atoms with E-state index >= 15 is 0 Å². The van der Waals surface area contributed by atoms with Crippen molar-refractivity contribution in [1.29, 1.82) is 5.26 Å². The number of nitriles is 1. The zero-order chi connectivity index (χ0) is 17.6. The van der Waals surface area contributed by atoms with Crippen LogP contribution >= 0.6 is 0 Å². The first-order valence-corrected chi connectivity index (χ1v) is 8.92. The molecule has 0 aliphatic rings. The van der Waals surface area contributed by atoms with Gasteiger partial charge in [-0.25, -0.2) is 8.42 Å². The van der Waals surface area contributed by atoms with Crippen molar-refractivity contribution >= 4 is 27.6 Å². The van der Waals surface area contributed by atoms with Gasteiger partial charge in [0, 0.05) is 11.3 Å². The molecule has 0 radical (unpaired) electrons. The van der Waals surface area contributed by atoms with E-state index in [1.165, 1.54) is 6.08 Å². The lowest BCUT2D eigenvalue weighted by atomic mass is 10.1. The molecular formula is C18H16N2O3S. The highest BCUT2D eigenvalue weighted by molar-refractivity contribution is 7.92. The first-order valence-electron chi connectivity index (χ1n) is 7.26. The second-order valence-corrected chi connectivity index (χ2v) is 7.03. The average Bonchev–Trinajstić information content (AvgIpc) is 2.60. The SMILES string of the molecule is CCS(=O)(=O)Nc1ccc(C(=O)/C=C\c2ccc(C#N)cc2)cc1. The third-order valence-corrected chi connectivity index (χ3v) is 4.60. The lowest BCUT2D eigenvalue weighted by Gasteiger charge is -2.06. The predicted molar refractivity (Wildman–Crippen MR) is 94.0 cm³/mol. The topological polar surface area (TPSA) is 87.0 Å². The van der Waals surface area contributed by atoms with Gasteiger partial charge in [-0.15, -0.1) is 0 Å². The maximum Gasteiger partial charge on any atom is 0.232 e. The van der Waals surface area contributed by atoms with Gasteiger partial charge in [-0.1, -0.05) is 18.2 Å². The zero-order valence-corrected chi connectivity index (χ0v) is 13.9. The van der Waals surface area contributed by atoms with E-state index in [-0.39, 0.29) is 11.5 Å². The molecule has 24 heavy (non-hydrogen) atoms. The van der Waals surface area contributed by atoms with Gasteiger partial charge < -0.3 is 0 Å². The Labute approximate surface area is 141 Å². The molecule has 2 aromatic carbocycles. The molecule has 0 unspecified atom stereocenters. The van der Waals surface area contributed by atoms with Gasteiger partial charge in [0.1, 0.15) is 0 Å². The number of nitrogens with zero attached hydrogens (tertiary/aromatic N) is 1. The standard InChI is InChI=1S/C18H16N2O3S/c1-2-24(22,23)20-17-10-8-16(9-11-17)18(21)12-7-14-3-5-15(13-19)6-4-14/h3-12,20H,2H2,1H3/b12-7-. The van der Waals surface area contributed by atoms with Crippen molar-refractivity contribution in [1.82, 2.24) is 0 Å². The van der Waals surface area contributed by atoms with Crippen LogP contribution < -0.4 is 4.72 Å². The lowest BCUT2D eigenvalue weighted by molar-refractivity contribution is 0.104. The van der Waals surface area contributed by atoms with Gasteiger partial charge in [0.15, 0.2) is 5.78 Å². The van der Waals surface area contributed by atoms with Crippen LogP contribution in [0.5, 0.6) is 0 Å². The molecule has 2 aromatic rings. The molecule has 1 N–H and O–H groups in total. The van der Waals surface area contributed by atoms with E-state index in [1.54, 1.807) is 61.5 Å². The summed E-state index contributed by atoms with van der Waals surface area (Å²) in [6, 6.07) is 15.1. The van der Waals surface area contributed by atoms with Crippen LogP contribution in [0.1, 0.15) is 28.4 Å². The molecule has 0 heterocycles. The van der Waals surface area contributed by atoms with Gasteiger partial charge in [0.2, 0.25) is 10.0 Å². The van der Waals surface area contributed by atoms with Crippen LogP contribution in [-0.4, -0.2) is 20.0 Å². The van der Waals surface area contributed by atoms with Gasteiger partial charge in [-0.05, 0) is 55.0 Å². The predicted octanol–water partition coefficient (Wildman–Crippen LogP) is 3.22. The third kappa shape index (κ3) is 4.80. The van der Waals surface area contributed by atoms with E-state index in [0.29, 0.717) is 16.8 Å². The lowest BCUT2D eigenvalue weighted by Crippen LogP contribution is -2.14. The van der Waals surface area contributed by atoms with Gasteiger partial charge in [-0.2, -0.15) is 5.26 Å². The number of carbonyl (C=O) groups excluding carboxylic acids is 1. The summed E-state index contributed by atoms with van der Waals surface area (Å²) in [6.45, 7) is 1.55. The van der Waals surface area contributed by atoms with Crippen LogP contribution in [0.15, 0.2) is 54.6 Å². The fourth-order valence-electron chi connectivity index (χ4n) is 1.89. The summed E-state index contributed by atoms with van der Waals surface area (Å²) in [4.78, 5) is 12.1. The summed E-state index contributed by atoms with van der Waals surface area (Å²) in [6.07, 6.45) is 3.10. The second kappa shape index (κ2) is 7.57. The summed E-state index contributed by atoms with van der Waals surface area (Å²) >= 11 is 0. The number of hydrogen-bond acceptors (Lipinski definition) is 4. The number of nitrogens with one attached hydrogen (secondary N) is 1. The molecule has 6 heteroatoms. The number of carbonyl (C=O) groups is 1. The number of allylic oxidation sites excluding steroid dienone is 1. The molecule has 0 aliphatic heterocycles. The Balaban J connectivity index is 2.07. The smallest absolute Gasteiger partial charge is 0.232 e. The molecule has 0 bridgehead atoms. The van der Waals surface area contributed by atoms with Crippen LogP contribution in [0.25, 0.3) is 6.08 Å². The number of benzene rings is 2. The molecule has 0 atom stereocenters. The Bertz CT molecular complexity index is 891. The minimum atomic E-state index is -3.33. The summed E-state index contributed by atoms with van der Waals surface area (Å²) < 4.78 is 25.4. The first-order chi connectivity index (χ1) is 11.4. The fraction of sp³-hybridized carbons (Fsp3) is 0.111. The van der Waals surface area contributed by atoms with Crippen molar-refractivity contribution in [3.8, 4) is 6.07 Å². The Morgan fingerprint density at radius 2 is 1.75 bits per heavy atom. The first kappa shape index (κ1) is 17.4. The molecule has 0 aliphatic carbocycles. The summed E-state index contributed by atoms with van der Waals surface area (Å²) in [7, 11) is -3.33. The number of rotatable bonds is 6. The molecule has 2 rings (SSSR count). The summed E-state index contributed by atoms with van der Waals surface area (Å²) in [5.74, 6) is -0.203. The largest absolute Gasteiger partial charge is 0.289 e. The molecule has 0 saturated carbocycles. The molecule has 0 fully saturated rings. The quantitative estimate of drug-likeness (QED) is 0.646. The van der Waals surface area contributed by atoms with Crippen molar-refractivity contribution in [2.45, 2.75) is 6.92 Å². The van der Waals surface area contributed by atoms with Crippen molar-refractivity contribution in [3.05, 3.63) is 71.3 Å². The van der Waals surface area contributed by atoms with Crippen LogP contribution in [-0.2, 0) is 10.0 Å². The van der Waals surface area contributed by atoms with E-state index in [4.69, 9.17) is 5.26 Å². The van der Waals surface area contributed by atoms with E-state index in [9.17, 15) is 13.2 Å². The van der Waals surface area contributed by atoms with Crippen molar-refractivity contribution in [2.75, 3.05) is 10.5 Å². The normalized spacial score (nSPS) is 11.2. The van der Waals surface area contributed by atoms with Gasteiger partial charge >= 0.3 is 0 Å². The van der Waals surface area contributed by atoms with Crippen LogP contribution in [0.2, 0.25) is 0 Å². The van der Waals surface area contributed by atoms with Crippen LogP contribution in [0.4, 0.5) is 5.69 Å². The zero-order valence-electron chi connectivity index (χ0n) is 13.1. The minimum Gasteiger partial charge on any atom is -0.289 e. The van der Waals surface area contributed by atoms with Crippen LogP contribution in [0.3, 0.4) is 0 Å². The molecular weight excluding hydrogens is 324 g/mol. The van der Waals surface area contributed by atoms with Crippen molar-refractivity contribution < 1.29 is 13.2 Å². The maximum absolute atomic E-state index is 12.1. The molecule has 0 aromatic heterocycles.